The zero-order valence-electron chi connectivity index (χ0n) is 13.9. The van der Waals surface area contributed by atoms with E-state index in [-0.39, 0.29) is 0 Å². The molecular formula is C22H30. The van der Waals surface area contributed by atoms with Crippen molar-refractivity contribution in [2.75, 3.05) is 0 Å². The Hall–Kier alpha value is -0.780. The zero-order valence-corrected chi connectivity index (χ0v) is 13.9. The molecule has 22 heavy (non-hydrogen) atoms. The Morgan fingerprint density at radius 3 is 1.68 bits per heavy atom. The molecule has 0 spiro atoms. The predicted molar refractivity (Wildman–Crippen MR) is 91.7 cm³/mol. The van der Waals surface area contributed by atoms with E-state index >= 15 is 0 Å². The van der Waals surface area contributed by atoms with Crippen LogP contribution in [0.5, 0.6) is 0 Å². The van der Waals surface area contributed by atoms with Crippen LogP contribution in [0.4, 0.5) is 0 Å². The van der Waals surface area contributed by atoms with Gasteiger partial charge < -0.3 is 0 Å². The fourth-order valence-corrected chi connectivity index (χ4v) is 7.39. The largest absolute Gasteiger partial charge is 0.0622 e. The van der Waals surface area contributed by atoms with Gasteiger partial charge in [0.15, 0.2) is 0 Å². The fourth-order valence-electron chi connectivity index (χ4n) is 7.39. The van der Waals surface area contributed by atoms with Gasteiger partial charge in [-0.3, -0.25) is 0 Å². The lowest BCUT2D eigenvalue weighted by atomic mass is 9.57. The summed E-state index contributed by atoms with van der Waals surface area (Å²) in [7, 11) is 0. The first kappa shape index (κ1) is 13.6. The van der Waals surface area contributed by atoms with Crippen molar-refractivity contribution in [3.63, 3.8) is 0 Å². The van der Waals surface area contributed by atoms with Crippen molar-refractivity contribution in [1.29, 1.82) is 0 Å². The highest BCUT2D eigenvalue weighted by atomic mass is 14.6. The van der Waals surface area contributed by atoms with Crippen LogP contribution in [0, 0.1) is 28.6 Å². The maximum Gasteiger partial charge on any atom is -0.0240 e. The first-order chi connectivity index (χ1) is 10.8. The van der Waals surface area contributed by atoms with Crippen LogP contribution in [-0.2, 0) is 6.42 Å². The first-order valence-corrected chi connectivity index (χ1v) is 9.82. The molecule has 4 aliphatic carbocycles. The van der Waals surface area contributed by atoms with Crippen LogP contribution < -0.4 is 0 Å². The van der Waals surface area contributed by atoms with Crippen molar-refractivity contribution in [3.05, 3.63) is 35.9 Å². The third kappa shape index (κ3) is 1.95. The summed E-state index contributed by atoms with van der Waals surface area (Å²) in [6.07, 6.45) is 17.0. The van der Waals surface area contributed by atoms with E-state index in [2.05, 4.69) is 30.3 Å². The van der Waals surface area contributed by atoms with E-state index in [0.29, 0.717) is 0 Å². The molecule has 0 radical (unpaired) electrons. The Morgan fingerprint density at radius 2 is 1.27 bits per heavy atom. The lowest BCUT2D eigenvalue weighted by molar-refractivity contribution is 0.0303. The van der Waals surface area contributed by atoms with Gasteiger partial charge in [-0.1, -0.05) is 30.3 Å². The van der Waals surface area contributed by atoms with Gasteiger partial charge in [0.25, 0.3) is 0 Å². The molecule has 0 heteroatoms. The molecule has 1 aromatic carbocycles. The molecule has 5 rings (SSSR count). The van der Waals surface area contributed by atoms with Gasteiger partial charge >= 0.3 is 0 Å². The molecule has 0 atom stereocenters. The second-order valence-corrected chi connectivity index (χ2v) is 9.26. The average Bonchev–Trinajstić information content (AvgIpc) is 3.34. The van der Waals surface area contributed by atoms with Crippen molar-refractivity contribution >= 4 is 0 Å². The minimum Gasteiger partial charge on any atom is -0.0622 e. The monoisotopic (exact) mass is 294 g/mol. The van der Waals surface area contributed by atoms with Crippen molar-refractivity contribution in [2.24, 2.45) is 28.6 Å². The number of hydrogen-bond donors (Lipinski definition) is 0. The molecule has 0 amide bonds. The fraction of sp³-hybridized carbons (Fsp3) is 0.727. The summed E-state index contributed by atoms with van der Waals surface area (Å²) in [5.41, 5.74) is 3.08. The molecule has 0 unspecified atom stereocenters. The van der Waals surface area contributed by atoms with E-state index in [4.69, 9.17) is 0 Å². The lowest BCUT2D eigenvalue weighted by Crippen LogP contribution is -2.40. The summed E-state index contributed by atoms with van der Waals surface area (Å²) >= 11 is 0. The van der Waals surface area contributed by atoms with E-state index in [9.17, 15) is 0 Å². The Labute approximate surface area is 135 Å². The summed E-state index contributed by atoms with van der Waals surface area (Å²) in [4.78, 5) is 0. The van der Waals surface area contributed by atoms with Crippen LogP contribution in [0.3, 0.4) is 0 Å². The van der Waals surface area contributed by atoms with Gasteiger partial charge in [-0.25, -0.2) is 0 Å². The van der Waals surface area contributed by atoms with Crippen molar-refractivity contribution in [3.8, 4) is 0 Å². The van der Waals surface area contributed by atoms with Gasteiger partial charge in [-0.15, -0.1) is 0 Å². The van der Waals surface area contributed by atoms with E-state index in [1.54, 1.807) is 69.8 Å². The lowest BCUT2D eigenvalue weighted by Gasteiger charge is -2.47. The highest BCUT2D eigenvalue weighted by Crippen LogP contribution is 2.69. The van der Waals surface area contributed by atoms with Gasteiger partial charge in [0.05, 0.1) is 0 Å². The molecule has 0 saturated heterocycles. The Bertz CT molecular complexity index is 496. The quantitative estimate of drug-likeness (QED) is 0.638. The van der Waals surface area contributed by atoms with Gasteiger partial charge in [0.2, 0.25) is 0 Å². The maximum atomic E-state index is 2.39. The van der Waals surface area contributed by atoms with E-state index in [1.807, 2.05) is 0 Å². The van der Waals surface area contributed by atoms with Gasteiger partial charge in [-0.2, -0.15) is 0 Å². The zero-order chi connectivity index (χ0) is 14.6. The van der Waals surface area contributed by atoms with Crippen LogP contribution in [0.25, 0.3) is 0 Å². The van der Waals surface area contributed by atoms with Crippen molar-refractivity contribution < 1.29 is 0 Å². The van der Waals surface area contributed by atoms with Crippen molar-refractivity contribution in [1.82, 2.24) is 0 Å². The smallest absolute Gasteiger partial charge is 0.0240 e. The molecule has 0 aromatic heterocycles. The van der Waals surface area contributed by atoms with Gasteiger partial charge in [0.1, 0.15) is 0 Å². The molecule has 118 valence electrons. The Balaban J connectivity index is 1.51. The van der Waals surface area contributed by atoms with Crippen LogP contribution >= 0.6 is 0 Å². The number of fused-ring (bicyclic) bond motifs is 4. The molecule has 4 aliphatic rings. The Kier molecular flexibility index (Phi) is 3.01. The second kappa shape index (κ2) is 4.86. The van der Waals surface area contributed by atoms with Crippen LogP contribution in [0.2, 0.25) is 0 Å². The molecule has 4 fully saturated rings. The third-order valence-corrected chi connectivity index (χ3v) is 8.35. The molecule has 4 bridgehead atoms. The number of hydrogen-bond acceptors (Lipinski definition) is 0. The summed E-state index contributed by atoms with van der Waals surface area (Å²) in [5, 5.41) is 0. The van der Waals surface area contributed by atoms with E-state index in [0.717, 1.165) is 28.6 Å². The molecule has 4 saturated carbocycles. The SMILES string of the molecule is c1ccc(CC(C23CCC(CC2)C3)C23CCC(CC2)C3)cc1. The van der Waals surface area contributed by atoms with E-state index < -0.39 is 0 Å². The number of benzene rings is 1. The third-order valence-electron chi connectivity index (χ3n) is 8.35. The average molecular weight is 294 g/mol. The first-order valence-electron chi connectivity index (χ1n) is 9.82. The number of rotatable bonds is 4. The summed E-state index contributed by atoms with van der Waals surface area (Å²) in [6.45, 7) is 0. The second-order valence-electron chi connectivity index (χ2n) is 9.26. The normalized spacial score (nSPS) is 43.8. The van der Waals surface area contributed by atoms with Crippen molar-refractivity contribution in [2.45, 2.75) is 70.6 Å². The molecular weight excluding hydrogens is 264 g/mol. The topological polar surface area (TPSA) is 0 Å². The van der Waals surface area contributed by atoms with E-state index in [1.165, 1.54) is 6.42 Å². The molecule has 0 N–H and O–H groups in total. The van der Waals surface area contributed by atoms with Crippen LogP contribution in [0.15, 0.2) is 30.3 Å². The standard InChI is InChI=1S/C22H30/c1-2-4-17(5-3-1)14-20(21-10-6-18(15-21)7-11-21)22-12-8-19(16-22)9-13-22/h1-5,18-20H,6-16H2. The molecule has 1 aromatic rings. The predicted octanol–water partition coefficient (Wildman–Crippen LogP) is 6.01. The molecule has 0 aliphatic heterocycles. The highest BCUT2D eigenvalue weighted by Gasteiger charge is 2.59. The molecule has 0 heterocycles. The molecule has 0 nitrogen and oxygen atoms in total. The van der Waals surface area contributed by atoms with Crippen LogP contribution in [0.1, 0.15) is 69.8 Å². The maximum absolute atomic E-state index is 2.39. The van der Waals surface area contributed by atoms with Gasteiger partial charge in [0, 0.05) is 0 Å². The minimum atomic E-state index is 0.736. The highest BCUT2D eigenvalue weighted by molar-refractivity contribution is 5.19. The van der Waals surface area contributed by atoms with Crippen LogP contribution in [-0.4, -0.2) is 0 Å². The Morgan fingerprint density at radius 1 is 0.773 bits per heavy atom. The minimum absolute atomic E-state index is 0.736. The summed E-state index contributed by atoms with van der Waals surface area (Å²) in [5.74, 6) is 3.17. The summed E-state index contributed by atoms with van der Waals surface area (Å²) in [6, 6.07) is 11.5. The summed E-state index contributed by atoms with van der Waals surface area (Å²) < 4.78 is 0. The van der Waals surface area contributed by atoms with Gasteiger partial charge in [-0.05, 0) is 105 Å².